The highest BCUT2D eigenvalue weighted by atomic mass is 19.3. The van der Waals surface area contributed by atoms with E-state index in [1.54, 1.807) is 12.1 Å². The van der Waals surface area contributed by atoms with Gasteiger partial charge in [-0.1, -0.05) is 45.9 Å². The van der Waals surface area contributed by atoms with Crippen molar-refractivity contribution >= 4 is 0 Å². The summed E-state index contributed by atoms with van der Waals surface area (Å²) in [5.74, 6) is 0.863. The van der Waals surface area contributed by atoms with Gasteiger partial charge in [0.1, 0.15) is 5.75 Å². The molecule has 2 nitrogen and oxygen atoms in total. The second-order valence-electron chi connectivity index (χ2n) is 6.61. The second kappa shape index (κ2) is 5.32. The Balaban J connectivity index is 1.89. The van der Waals surface area contributed by atoms with Crippen LogP contribution in [0.3, 0.4) is 0 Å². The minimum atomic E-state index is -2.78. The molecule has 1 aliphatic carbocycles. The zero-order valence-electron chi connectivity index (χ0n) is 12.5. The number of nitrogens with one attached hydrogen (secondary N) is 1. The molecule has 1 aliphatic rings. The summed E-state index contributed by atoms with van der Waals surface area (Å²) in [6.45, 7) is 7.74. The number of ether oxygens (including phenoxy) is 1. The lowest BCUT2D eigenvalue weighted by Crippen LogP contribution is -2.19. The molecular formula is C16H23F2NO. The number of para-hydroxylation sites is 1. The average molecular weight is 283 g/mol. The Bertz CT molecular complexity index is 457. The normalized spacial score (nSPS) is 20.1. The molecule has 20 heavy (non-hydrogen) atoms. The fraction of sp³-hybridized carbons (Fsp3) is 0.625. The second-order valence-corrected chi connectivity index (χ2v) is 6.61. The Hall–Kier alpha value is -1.16. The highest BCUT2D eigenvalue weighted by Crippen LogP contribution is 2.67. The van der Waals surface area contributed by atoms with E-state index in [4.69, 9.17) is 0 Å². The summed E-state index contributed by atoms with van der Waals surface area (Å²) in [7, 11) is 0. The van der Waals surface area contributed by atoms with Gasteiger partial charge in [-0.3, -0.25) is 0 Å². The number of rotatable bonds is 6. The van der Waals surface area contributed by atoms with Crippen LogP contribution in [0.25, 0.3) is 0 Å². The van der Waals surface area contributed by atoms with Crippen molar-refractivity contribution in [2.24, 2.45) is 16.7 Å². The molecule has 0 bridgehead atoms. The zero-order chi connectivity index (χ0) is 15.0. The Morgan fingerprint density at radius 1 is 1.15 bits per heavy atom. The average Bonchev–Trinajstić information content (AvgIpc) is 2.73. The van der Waals surface area contributed by atoms with Crippen LogP contribution in [-0.4, -0.2) is 13.2 Å². The maximum Gasteiger partial charge on any atom is 0.387 e. The minimum Gasteiger partial charge on any atom is -0.434 e. The predicted molar refractivity (Wildman–Crippen MR) is 75.8 cm³/mol. The Morgan fingerprint density at radius 3 is 2.30 bits per heavy atom. The smallest absolute Gasteiger partial charge is 0.387 e. The molecule has 1 saturated carbocycles. The predicted octanol–water partition coefficient (Wildman–Crippen LogP) is 4.06. The summed E-state index contributed by atoms with van der Waals surface area (Å²) in [5, 5.41) is 3.36. The largest absolute Gasteiger partial charge is 0.434 e. The van der Waals surface area contributed by atoms with Crippen molar-refractivity contribution in [2.45, 2.75) is 40.9 Å². The van der Waals surface area contributed by atoms with Crippen molar-refractivity contribution in [1.29, 1.82) is 0 Å². The maximum absolute atomic E-state index is 12.3. The third-order valence-electron chi connectivity index (χ3n) is 5.17. The first-order chi connectivity index (χ1) is 9.26. The quantitative estimate of drug-likeness (QED) is 0.850. The summed E-state index contributed by atoms with van der Waals surface area (Å²) in [5.41, 5.74) is 1.43. The van der Waals surface area contributed by atoms with E-state index < -0.39 is 6.61 Å². The topological polar surface area (TPSA) is 21.3 Å². The van der Waals surface area contributed by atoms with E-state index in [-0.39, 0.29) is 5.75 Å². The van der Waals surface area contributed by atoms with E-state index in [2.05, 4.69) is 37.7 Å². The number of benzene rings is 1. The van der Waals surface area contributed by atoms with Crippen molar-refractivity contribution in [1.82, 2.24) is 5.32 Å². The van der Waals surface area contributed by atoms with Crippen molar-refractivity contribution < 1.29 is 13.5 Å². The van der Waals surface area contributed by atoms with E-state index in [0.29, 0.717) is 23.3 Å². The lowest BCUT2D eigenvalue weighted by Gasteiger charge is -2.11. The summed E-state index contributed by atoms with van der Waals surface area (Å²) < 4.78 is 29.2. The molecule has 2 rings (SSSR count). The van der Waals surface area contributed by atoms with E-state index in [0.717, 1.165) is 12.1 Å². The Kier molecular flexibility index (Phi) is 4.05. The molecule has 1 N–H and O–H groups in total. The van der Waals surface area contributed by atoms with Crippen molar-refractivity contribution in [3.8, 4) is 5.75 Å². The number of hydrogen-bond donors (Lipinski definition) is 1. The van der Waals surface area contributed by atoms with Crippen LogP contribution < -0.4 is 10.1 Å². The van der Waals surface area contributed by atoms with Crippen LogP contribution in [0, 0.1) is 16.7 Å². The summed E-state index contributed by atoms with van der Waals surface area (Å²) >= 11 is 0. The van der Waals surface area contributed by atoms with Gasteiger partial charge in [0.25, 0.3) is 0 Å². The van der Waals surface area contributed by atoms with Gasteiger partial charge in [0.2, 0.25) is 0 Å². The fourth-order valence-corrected chi connectivity index (χ4v) is 3.06. The molecule has 112 valence electrons. The SMILES string of the molecule is CC1(C)C(CNCc2ccccc2OC(F)F)C1(C)C. The van der Waals surface area contributed by atoms with Crippen LogP contribution in [0.4, 0.5) is 8.78 Å². The third-order valence-corrected chi connectivity index (χ3v) is 5.17. The molecule has 1 fully saturated rings. The molecule has 0 saturated heterocycles. The Morgan fingerprint density at radius 2 is 1.75 bits per heavy atom. The summed E-state index contributed by atoms with van der Waals surface area (Å²) in [4.78, 5) is 0. The van der Waals surface area contributed by atoms with Crippen LogP contribution in [0.15, 0.2) is 24.3 Å². The molecule has 4 heteroatoms. The number of halogens is 2. The van der Waals surface area contributed by atoms with Gasteiger partial charge in [-0.15, -0.1) is 0 Å². The van der Waals surface area contributed by atoms with Crippen molar-refractivity contribution in [2.75, 3.05) is 6.54 Å². The van der Waals surface area contributed by atoms with Gasteiger partial charge < -0.3 is 10.1 Å². The van der Waals surface area contributed by atoms with Gasteiger partial charge in [-0.2, -0.15) is 8.78 Å². The van der Waals surface area contributed by atoms with Gasteiger partial charge in [0, 0.05) is 12.1 Å². The molecule has 0 spiro atoms. The van der Waals surface area contributed by atoms with Crippen molar-refractivity contribution in [3.63, 3.8) is 0 Å². The maximum atomic E-state index is 12.3. The van der Waals surface area contributed by atoms with E-state index in [9.17, 15) is 8.78 Å². The van der Waals surface area contributed by atoms with Crippen LogP contribution in [0.2, 0.25) is 0 Å². The minimum absolute atomic E-state index is 0.254. The van der Waals surface area contributed by atoms with Gasteiger partial charge in [-0.05, 0) is 29.4 Å². The van der Waals surface area contributed by atoms with Gasteiger partial charge in [-0.25, -0.2) is 0 Å². The molecule has 0 aliphatic heterocycles. The molecule has 0 aromatic heterocycles. The van der Waals surface area contributed by atoms with Crippen LogP contribution in [-0.2, 0) is 6.54 Å². The first-order valence-corrected chi connectivity index (χ1v) is 7.00. The Labute approximate surface area is 119 Å². The molecule has 0 heterocycles. The summed E-state index contributed by atoms with van der Waals surface area (Å²) in [6, 6.07) is 6.93. The summed E-state index contributed by atoms with van der Waals surface area (Å²) in [6.07, 6.45) is 0. The third kappa shape index (κ3) is 2.80. The molecule has 1 aromatic carbocycles. The molecule has 0 unspecified atom stereocenters. The van der Waals surface area contributed by atoms with Gasteiger partial charge in [0.15, 0.2) is 0 Å². The molecule has 1 aromatic rings. The van der Waals surface area contributed by atoms with E-state index in [1.165, 1.54) is 0 Å². The lowest BCUT2D eigenvalue weighted by molar-refractivity contribution is -0.0504. The van der Waals surface area contributed by atoms with E-state index in [1.807, 2.05) is 12.1 Å². The first kappa shape index (κ1) is 15.2. The molecule has 0 radical (unpaired) electrons. The number of alkyl halides is 2. The highest BCUT2D eigenvalue weighted by Gasteiger charge is 2.63. The highest BCUT2D eigenvalue weighted by molar-refractivity contribution is 5.33. The first-order valence-electron chi connectivity index (χ1n) is 7.00. The standard InChI is InChI=1S/C16H23F2NO/c1-15(2)13(16(15,3)4)10-19-9-11-7-5-6-8-12(11)20-14(17)18/h5-8,13-14,19H,9-10H2,1-4H3. The molecular weight excluding hydrogens is 260 g/mol. The zero-order valence-corrected chi connectivity index (χ0v) is 12.5. The fourth-order valence-electron chi connectivity index (χ4n) is 3.06. The van der Waals surface area contributed by atoms with Gasteiger partial charge in [0.05, 0.1) is 0 Å². The van der Waals surface area contributed by atoms with Gasteiger partial charge >= 0.3 is 6.61 Å². The molecule has 0 amide bonds. The van der Waals surface area contributed by atoms with Crippen molar-refractivity contribution in [3.05, 3.63) is 29.8 Å². The van der Waals surface area contributed by atoms with Crippen LogP contribution in [0.5, 0.6) is 5.75 Å². The monoisotopic (exact) mass is 283 g/mol. The lowest BCUT2D eigenvalue weighted by atomic mass is 10.0. The van der Waals surface area contributed by atoms with Crippen LogP contribution >= 0.6 is 0 Å². The number of hydrogen-bond acceptors (Lipinski definition) is 2. The van der Waals surface area contributed by atoms with Crippen LogP contribution in [0.1, 0.15) is 33.3 Å². The van der Waals surface area contributed by atoms with E-state index >= 15 is 0 Å². The molecule has 0 atom stereocenters.